The molecule has 1 N–H and O–H groups in total. The predicted molar refractivity (Wildman–Crippen MR) is 92.1 cm³/mol. The first-order valence-electron chi connectivity index (χ1n) is 7.07. The molecule has 4 nitrogen and oxygen atoms in total. The zero-order valence-electron chi connectivity index (χ0n) is 12.3. The summed E-state index contributed by atoms with van der Waals surface area (Å²) in [6.45, 7) is 0.264. The fraction of sp³-hybridized carbons (Fsp3) is 0.0588. The van der Waals surface area contributed by atoms with Crippen LogP contribution in [0.15, 0.2) is 54.7 Å². The summed E-state index contributed by atoms with van der Waals surface area (Å²) in [5, 5.41) is 7.33. The van der Waals surface area contributed by atoms with Crippen LogP contribution in [0.3, 0.4) is 0 Å². The molecule has 1 amide bonds. The number of amides is 1. The van der Waals surface area contributed by atoms with E-state index in [-0.39, 0.29) is 22.9 Å². The van der Waals surface area contributed by atoms with E-state index in [4.69, 9.17) is 23.2 Å². The molecule has 0 saturated carbocycles. The van der Waals surface area contributed by atoms with Gasteiger partial charge in [-0.3, -0.25) is 9.48 Å². The first-order valence-corrected chi connectivity index (χ1v) is 7.82. The van der Waals surface area contributed by atoms with Crippen molar-refractivity contribution in [2.45, 2.75) is 6.54 Å². The van der Waals surface area contributed by atoms with Crippen molar-refractivity contribution >= 4 is 34.9 Å². The maximum absolute atomic E-state index is 13.7. The molecule has 1 aromatic heterocycles. The van der Waals surface area contributed by atoms with Crippen LogP contribution in [0.4, 0.5) is 10.2 Å². The molecule has 122 valence electrons. The number of aromatic nitrogens is 2. The lowest BCUT2D eigenvalue weighted by Gasteiger charge is -2.06. The monoisotopic (exact) mass is 363 g/mol. The molecule has 0 atom stereocenters. The van der Waals surface area contributed by atoms with Crippen LogP contribution in [-0.4, -0.2) is 15.7 Å². The normalized spacial score (nSPS) is 10.6. The molecular formula is C17H12Cl2FN3O. The third-order valence-electron chi connectivity index (χ3n) is 3.37. The number of nitrogens with zero attached hydrogens (tertiary/aromatic N) is 2. The van der Waals surface area contributed by atoms with E-state index in [0.29, 0.717) is 16.4 Å². The van der Waals surface area contributed by atoms with Gasteiger partial charge in [0.2, 0.25) is 0 Å². The maximum Gasteiger partial charge on any atom is 0.258 e. The Morgan fingerprint density at radius 2 is 1.92 bits per heavy atom. The minimum absolute atomic E-state index is 0.183. The van der Waals surface area contributed by atoms with Crippen molar-refractivity contribution in [3.05, 3.63) is 81.7 Å². The van der Waals surface area contributed by atoms with Gasteiger partial charge in [-0.25, -0.2) is 4.39 Å². The molecular weight excluding hydrogens is 352 g/mol. The highest BCUT2D eigenvalue weighted by Crippen LogP contribution is 2.26. The van der Waals surface area contributed by atoms with Gasteiger partial charge >= 0.3 is 0 Å². The van der Waals surface area contributed by atoms with Crippen LogP contribution in [0.5, 0.6) is 0 Å². The molecule has 0 unspecified atom stereocenters. The van der Waals surface area contributed by atoms with E-state index in [0.717, 1.165) is 0 Å². The smallest absolute Gasteiger partial charge is 0.258 e. The number of benzene rings is 2. The minimum Gasteiger partial charge on any atom is -0.305 e. The summed E-state index contributed by atoms with van der Waals surface area (Å²) >= 11 is 11.9. The minimum atomic E-state index is -0.418. The van der Waals surface area contributed by atoms with Gasteiger partial charge in [0.05, 0.1) is 22.2 Å². The summed E-state index contributed by atoms with van der Waals surface area (Å²) in [6, 6.07) is 12.9. The average molecular weight is 364 g/mol. The van der Waals surface area contributed by atoms with Crippen LogP contribution in [0.1, 0.15) is 15.9 Å². The lowest BCUT2D eigenvalue weighted by atomic mass is 10.2. The summed E-state index contributed by atoms with van der Waals surface area (Å²) in [7, 11) is 0. The van der Waals surface area contributed by atoms with Gasteiger partial charge in [0.15, 0.2) is 5.82 Å². The quantitative estimate of drug-likeness (QED) is 0.734. The molecule has 0 fully saturated rings. The standard InChI is InChI=1S/C17H12Cl2FN3O/c18-13-6-3-5-12(16(13)19)17(24)21-15-8-9-23(22-15)10-11-4-1-2-7-14(11)20/h1-9H,10H2,(H,21,22,24). The summed E-state index contributed by atoms with van der Waals surface area (Å²) in [5.41, 5.74) is 0.768. The molecule has 24 heavy (non-hydrogen) atoms. The number of carbonyl (C=O) groups excluding carboxylic acids is 1. The van der Waals surface area contributed by atoms with Gasteiger partial charge < -0.3 is 5.32 Å². The zero-order valence-corrected chi connectivity index (χ0v) is 13.9. The first kappa shape index (κ1) is 16.5. The maximum atomic E-state index is 13.7. The lowest BCUT2D eigenvalue weighted by molar-refractivity contribution is 0.102. The van der Waals surface area contributed by atoms with Crippen molar-refractivity contribution in [1.29, 1.82) is 0 Å². The zero-order chi connectivity index (χ0) is 17.1. The molecule has 0 bridgehead atoms. The van der Waals surface area contributed by atoms with E-state index < -0.39 is 5.91 Å². The van der Waals surface area contributed by atoms with E-state index >= 15 is 0 Å². The molecule has 3 rings (SSSR count). The Labute approximate surface area is 147 Å². The number of carbonyl (C=O) groups is 1. The molecule has 0 saturated heterocycles. The van der Waals surface area contributed by atoms with Crippen LogP contribution in [0.25, 0.3) is 0 Å². The Kier molecular flexibility index (Phi) is 4.83. The molecule has 2 aromatic carbocycles. The third-order valence-corrected chi connectivity index (χ3v) is 4.19. The number of hydrogen-bond acceptors (Lipinski definition) is 2. The summed E-state index contributed by atoms with van der Waals surface area (Å²) in [6.07, 6.45) is 1.65. The van der Waals surface area contributed by atoms with E-state index in [1.807, 2.05) is 0 Å². The molecule has 0 aliphatic carbocycles. The number of anilines is 1. The topological polar surface area (TPSA) is 46.9 Å². The number of hydrogen-bond donors (Lipinski definition) is 1. The van der Waals surface area contributed by atoms with Crippen molar-refractivity contribution in [3.63, 3.8) is 0 Å². The van der Waals surface area contributed by atoms with Gasteiger partial charge in [-0.2, -0.15) is 5.10 Å². The Morgan fingerprint density at radius 1 is 1.12 bits per heavy atom. The Hall–Kier alpha value is -2.37. The fourth-order valence-corrected chi connectivity index (χ4v) is 2.57. The second-order valence-electron chi connectivity index (χ2n) is 5.05. The van der Waals surface area contributed by atoms with Gasteiger partial charge in [-0.05, 0) is 18.2 Å². The van der Waals surface area contributed by atoms with Crippen LogP contribution in [0, 0.1) is 5.82 Å². The molecule has 7 heteroatoms. The highest BCUT2D eigenvalue weighted by molar-refractivity contribution is 6.44. The molecule has 0 spiro atoms. The van der Waals surface area contributed by atoms with Gasteiger partial charge in [0.1, 0.15) is 5.82 Å². The number of nitrogens with one attached hydrogen (secondary N) is 1. The Balaban J connectivity index is 1.73. The van der Waals surface area contributed by atoms with Crippen molar-refractivity contribution in [2.24, 2.45) is 0 Å². The first-order chi connectivity index (χ1) is 11.5. The second-order valence-corrected chi connectivity index (χ2v) is 5.83. The second kappa shape index (κ2) is 7.03. The molecule has 1 heterocycles. The van der Waals surface area contributed by atoms with Crippen LogP contribution < -0.4 is 5.32 Å². The van der Waals surface area contributed by atoms with Crippen molar-refractivity contribution < 1.29 is 9.18 Å². The van der Waals surface area contributed by atoms with E-state index in [9.17, 15) is 9.18 Å². The van der Waals surface area contributed by atoms with Crippen molar-refractivity contribution in [3.8, 4) is 0 Å². The lowest BCUT2D eigenvalue weighted by Crippen LogP contribution is -2.13. The largest absolute Gasteiger partial charge is 0.305 e. The molecule has 0 aliphatic heterocycles. The number of rotatable bonds is 4. The van der Waals surface area contributed by atoms with Gasteiger partial charge in [-0.1, -0.05) is 47.5 Å². The summed E-state index contributed by atoms with van der Waals surface area (Å²) in [5.74, 6) is -0.379. The highest BCUT2D eigenvalue weighted by Gasteiger charge is 2.14. The Bertz CT molecular complexity index is 895. The average Bonchev–Trinajstić information content (AvgIpc) is 2.99. The van der Waals surface area contributed by atoms with Crippen molar-refractivity contribution in [1.82, 2.24) is 9.78 Å². The van der Waals surface area contributed by atoms with Gasteiger partial charge in [-0.15, -0.1) is 0 Å². The van der Waals surface area contributed by atoms with E-state index in [1.165, 1.54) is 10.7 Å². The number of halogens is 3. The summed E-state index contributed by atoms with van der Waals surface area (Å²) in [4.78, 5) is 12.2. The van der Waals surface area contributed by atoms with Crippen LogP contribution in [-0.2, 0) is 6.54 Å². The highest BCUT2D eigenvalue weighted by atomic mass is 35.5. The van der Waals surface area contributed by atoms with Crippen molar-refractivity contribution in [2.75, 3.05) is 5.32 Å². The third kappa shape index (κ3) is 3.58. The van der Waals surface area contributed by atoms with E-state index in [1.54, 1.807) is 48.7 Å². The van der Waals surface area contributed by atoms with Crippen LogP contribution in [0.2, 0.25) is 10.0 Å². The molecule has 3 aromatic rings. The molecule has 0 aliphatic rings. The van der Waals surface area contributed by atoms with Crippen LogP contribution >= 0.6 is 23.2 Å². The SMILES string of the molecule is O=C(Nc1ccn(Cc2ccccc2F)n1)c1cccc(Cl)c1Cl. The summed E-state index contributed by atoms with van der Waals surface area (Å²) < 4.78 is 15.2. The predicted octanol–water partition coefficient (Wildman–Crippen LogP) is 4.63. The van der Waals surface area contributed by atoms with Gasteiger partial charge in [0.25, 0.3) is 5.91 Å². The fourth-order valence-electron chi connectivity index (χ4n) is 2.18. The Morgan fingerprint density at radius 3 is 2.71 bits per heavy atom. The van der Waals surface area contributed by atoms with Gasteiger partial charge in [0, 0.05) is 17.8 Å². The van der Waals surface area contributed by atoms with E-state index in [2.05, 4.69) is 10.4 Å². The molecule has 0 radical (unpaired) electrons.